The second-order valence-corrected chi connectivity index (χ2v) is 6.14. The minimum Gasteiger partial charge on any atom is -0.496 e. The third-order valence-electron chi connectivity index (χ3n) is 3.24. The molecule has 2 aromatic rings. The van der Waals surface area contributed by atoms with Gasteiger partial charge in [0.2, 0.25) is 5.91 Å². The smallest absolute Gasteiger partial charge is 0.275 e. The number of amides is 2. The van der Waals surface area contributed by atoms with E-state index in [1.807, 2.05) is 12.1 Å². The molecule has 0 aromatic heterocycles. The van der Waals surface area contributed by atoms with E-state index in [9.17, 15) is 9.59 Å². The summed E-state index contributed by atoms with van der Waals surface area (Å²) in [5.74, 6) is -0.152. The largest absolute Gasteiger partial charge is 0.496 e. The molecule has 25 heavy (non-hydrogen) atoms. The highest BCUT2D eigenvalue weighted by atomic mass is 79.9. The van der Waals surface area contributed by atoms with Crippen LogP contribution in [0.4, 0.5) is 5.69 Å². The topological polar surface area (TPSA) is 79.8 Å². The Hall–Kier alpha value is -2.67. The van der Waals surface area contributed by atoms with Gasteiger partial charge in [-0.25, -0.2) is 5.43 Å². The molecule has 0 aliphatic heterocycles. The number of carbonyl (C=O) groups excluding carboxylic acids is 2. The predicted octanol–water partition coefficient (Wildman–Crippen LogP) is 3.59. The maximum Gasteiger partial charge on any atom is 0.275 e. The van der Waals surface area contributed by atoms with E-state index in [4.69, 9.17) is 4.74 Å². The molecule has 0 bridgehead atoms. The summed E-state index contributed by atoms with van der Waals surface area (Å²) in [5, 5.41) is 6.73. The molecule has 0 fully saturated rings. The van der Waals surface area contributed by atoms with E-state index in [1.165, 1.54) is 7.11 Å². The van der Waals surface area contributed by atoms with Crippen molar-refractivity contribution in [3.05, 3.63) is 58.6 Å². The summed E-state index contributed by atoms with van der Waals surface area (Å²) in [6.45, 7) is 1.67. The number of rotatable bonds is 6. The predicted molar refractivity (Wildman–Crippen MR) is 101 cm³/mol. The number of para-hydroxylation sites is 1. The third-order valence-corrected chi connectivity index (χ3v) is 3.77. The first-order valence-electron chi connectivity index (χ1n) is 7.51. The first-order valence-corrected chi connectivity index (χ1v) is 8.31. The second kappa shape index (κ2) is 8.98. The number of anilines is 1. The van der Waals surface area contributed by atoms with Gasteiger partial charge in [0.1, 0.15) is 5.75 Å². The number of benzene rings is 2. The number of ether oxygens (including phenoxy) is 1. The van der Waals surface area contributed by atoms with Gasteiger partial charge in [-0.05, 0) is 43.3 Å². The Bertz CT molecular complexity index is 788. The van der Waals surface area contributed by atoms with E-state index < -0.39 is 5.91 Å². The lowest BCUT2D eigenvalue weighted by Gasteiger charge is -2.07. The van der Waals surface area contributed by atoms with E-state index >= 15 is 0 Å². The van der Waals surface area contributed by atoms with Gasteiger partial charge in [-0.3, -0.25) is 9.59 Å². The van der Waals surface area contributed by atoms with Crippen LogP contribution in [-0.4, -0.2) is 24.6 Å². The van der Waals surface area contributed by atoms with Crippen LogP contribution in [-0.2, 0) is 4.79 Å². The van der Waals surface area contributed by atoms with Crippen LogP contribution in [0.1, 0.15) is 23.7 Å². The average molecular weight is 404 g/mol. The molecule has 0 aliphatic rings. The molecule has 2 aromatic carbocycles. The van der Waals surface area contributed by atoms with E-state index in [2.05, 4.69) is 31.8 Å². The zero-order chi connectivity index (χ0) is 18.2. The molecule has 0 unspecified atom stereocenters. The van der Waals surface area contributed by atoms with Gasteiger partial charge in [0.15, 0.2) is 0 Å². The highest BCUT2D eigenvalue weighted by Gasteiger charge is 2.11. The summed E-state index contributed by atoms with van der Waals surface area (Å²) in [6.07, 6.45) is 0.0717. The number of halogens is 1. The molecule has 2 rings (SSSR count). The highest BCUT2D eigenvalue weighted by molar-refractivity contribution is 9.10. The molecule has 2 N–H and O–H groups in total. The van der Waals surface area contributed by atoms with Crippen LogP contribution in [0.25, 0.3) is 0 Å². The summed E-state index contributed by atoms with van der Waals surface area (Å²) in [5.41, 5.74) is 3.99. The molecular weight excluding hydrogens is 386 g/mol. The molecular formula is C18H18BrN3O3. The van der Waals surface area contributed by atoms with E-state index in [-0.39, 0.29) is 12.3 Å². The third kappa shape index (κ3) is 5.72. The zero-order valence-electron chi connectivity index (χ0n) is 13.9. The van der Waals surface area contributed by atoms with Crippen LogP contribution >= 0.6 is 15.9 Å². The Morgan fingerprint density at radius 1 is 1.12 bits per heavy atom. The number of nitrogens with zero attached hydrogens (tertiary/aromatic N) is 1. The van der Waals surface area contributed by atoms with Gasteiger partial charge in [0, 0.05) is 15.9 Å². The Morgan fingerprint density at radius 3 is 2.48 bits per heavy atom. The SMILES string of the molecule is COc1ccccc1C(=O)N/N=C(/C)CC(=O)Nc1ccc(Br)cc1. The van der Waals surface area contributed by atoms with E-state index in [1.54, 1.807) is 43.3 Å². The van der Waals surface area contributed by atoms with Crippen molar-refractivity contribution in [2.24, 2.45) is 5.10 Å². The molecule has 0 radical (unpaired) electrons. The first-order chi connectivity index (χ1) is 12.0. The fourth-order valence-corrected chi connectivity index (χ4v) is 2.31. The highest BCUT2D eigenvalue weighted by Crippen LogP contribution is 2.17. The normalized spacial score (nSPS) is 10.9. The van der Waals surface area contributed by atoms with Crippen molar-refractivity contribution in [2.45, 2.75) is 13.3 Å². The van der Waals surface area contributed by atoms with Crippen LogP contribution < -0.4 is 15.5 Å². The molecule has 0 heterocycles. The van der Waals surface area contributed by atoms with Crippen LogP contribution in [0.15, 0.2) is 58.1 Å². The summed E-state index contributed by atoms with van der Waals surface area (Å²) in [6, 6.07) is 14.1. The molecule has 0 atom stereocenters. The lowest BCUT2D eigenvalue weighted by atomic mass is 10.2. The fourth-order valence-electron chi connectivity index (χ4n) is 2.05. The summed E-state index contributed by atoms with van der Waals surface area (Å²) in [7, 11) is 1.49. The van der Waals surface area contributed by atoms with E-state index in [0.29, 0.717) is 22.7 Å². The van der Waals surface area contributed by atoms with Crippen LogP contribution in [0.2, 0.25) is 0 Å². The standard InChI is InChI=1S/C18H18BrN3O3/c1-12(11-17(23)20-14-9-7-13(19)8-10-14)21-22-18(24)15-5-3-4-6-16(15)25-2/h3-10H,11H2,1-2H3,(H,20,23)(H,22,24)/b21-12-. The molecule has 7 heteroatoms. The van der Waals surface area contributed by atoms with Crippen molar-refractivity contribution in [3.63, 3.8) is 0 Å². The maximum absolute atomic E-state index is 12.1. The minimum absolute atomic E-state index is 0.0717. The fraction of sp³-hybridized carbons (Fsp3) is 0.167. The van der Waals surface area contributed by atoms with Crippen LogP contribution in [0.3, 0.4) is 0 Å². The van der Waals surface area contributed by atoms with Gasteiger partial charge in [-0.2, -0.15) is 5.10 Å². The van der Waals surface area contributed by atoms with Crippen LogP contribution in [0, 0.1) is 0 Å². The van der Waals surface area contributed by atoms with Crippen molar-refractivity contribution in [1.82, 2.24) is 5.43 Å². The molecule has 6 nitrogen and oxygen atoms in total. The quantitative estimate of drug-likeness (QED) is 0.571. The lowest BCUT2D eigenvalue weighted by Crippen LogP contribution is -2.22. The Balaban J connectivity index is 1.91. The van der Waals surface area contributed by atoms with Gasteiger partial charge in [-0.1, -0.05) is 28.1 Å². The molecule has 0 aliphatic carbocycles. The number of hydrogen-bond donors (Lipinski definition) is 2. The minimum atomic E-state index is -0.398. The molecule has 2 amide bonds. The Kier molecular flexibility index (Phi) is 6.71. The first kappa shape index (κ1) is 18.7. The van der Waals surface area contributed by atoms with Crippen molar-refractivity contribution in [2.75, 3.05) is 12.4 Å². The monoisotopic (exact) mass is 403 g/mol. The van der Waals surface area contributed by atoms with Gasteiger partial charge >= 0.3 is 0 Å². The second-order valence-electron chi connectivity index (χ2n) is 5.22. The van der Waals surface area contributed by atoms with Crippen molar-refractivity contribution < 1.29 is 14.3 Å². The number of hydrazone groups is 1. The lowest BCUT2D eigenvalue weighted by molar-refractivity contribution is -0.115. The summed E-state index contributed by atoms with van der Waals surface area (Å²) < 4.78 is 6.07. The van der Waals surface area contributed by atoms with Gasteiger partial charge in [-0.15, -0.1) is 0 Å². The average Bonchev–Trinajstić information content (AvgIpc) is 2.61. The molecule has 0 saturated carbocycles. The van der Waals surface area contributed by atoms with Crippen molar-refractivity contribution in [3.8, 4) is 5.75 Å². The Labute approximate surface area is 154 Å². The van der Waals surface area contributed by atoms with Crippen LogP contribution in [0.5, 0.6) is 5.75 Å². The zero-order valence-corrected chi connectivity index (χ0v) is 15.5. The van der Waals surface area contributed by atoms with Crippen molar-refractivity contribution >= 4 is 39.1 Å². The van der Waals surface area contributed by atoms with Crippen molar-refractivity contribution in [1.29, 1.82) is 0 Å². The van der Waals surface area contributed by atoms with E-state index in [0.717, 1.165) is 4.47 Å². The summed E-state index contributed by atoms with van der Waals surface area (Å²) in [4.78, 5) is 24.1. The molecule has 130 valence electrons. The number of methoxy groups -OCH3 is 1. The van der Waals surface area contributed by atoms with Gasteiger partial charge in [0.25, 0.3) is 5.91 Å². The molecule has 0 saturated heterocycles. The maximum atomic E-state index is 12.1. The van der Waals surface area contributed by atoms with Gasteiger partial charge in [0.05, 0.1) is 19.1 Å². The number of nitrogens with one attached hydrogen (secondary N) is 2. The molecule has 0 spiro atoms. The number of hydrogen-bond acceptors (Lipinski definition) is 4. The Morgan fingerprint density at radius 2 is 1.80 bits per heavy atom. The number of carbonyl (C=O) groups is 2. The van der Waals surface area contributed by atoms with Gasteiger partial charge < -0.3 is 10.1 Å². The summed E-state index contributed by atoms with van der Waals surface area (Å²) >= 11 is 3.33.